The molecule has 0 bridgehead atoms. The lowest BCUT2D eigenvalue weighted by atomic mass is 9.62. The predicted octanol–water partition coefficient (Wildman–Crippen LogP) is 3.19. The molecule has 0 spiro atoms. The molecular weight excluding hydrogens is 158 g/mol. The van der Waals surface area contributed by atoms with Gasteiger partial charge in [0.25, 0.3) is 0 Å². The third kappa shape index (κ3) is 2.98. The molecule has 1 aliphatic rings. The van der Waals surface area contributed by atoms with E-state index < -0.39 is 0 Å². The number of hydrogen-bond acceptors (Lipinski definition) is 1. The smallest absolute Gasteiger partial charge is 0.0133 e. The lowest BCUT2D eigenvalue weighted by Crippen LogP contribution is -2.48. The minimum absolute atomic E-state index is 0.0662. The van der Waals surface area contributed by atoms with Crippen molar-refractivity contribution in [2.24, 2.45) is 23.0 Å². The number of rotatable bonds is 1. The van der Waals surface area contributed by atoms with Gasteiger partial charge in [0.15, 0.2) is 0 Å². The van der Waals surface area contributed by atoms with Crippen molar-refractivity contribution in [2.75, 3.05) is 0 Å². The maximum atomic E-state index is 6.28. The summed E-state index contributed by atoms with van der Waals surface area (Å²) in [5, 5.41) is 0. The van der Waals surface area contributed by atoms with Crippen LogP contribution in [-0.2, 0) is 0 Å². The van der Waals surface area contributed by atoms with Crippen LogP contribution in [-0.4, -0.2) is 5.54 Å². The van der Waals surface area contributed by atoms with E-state index in [1.165, 1.54) is 19.3 Å². The van der Waals surface area contributed by atoms with Crippen molar-refractivity contribution in [3.05, 3.63) is 0 Å². The minimum Gasteiger partial charge on any atom is -0.325 e. The summed E-state index contributed by atoms with van der Waals surface area (Å²) in [5.41, 5.74) is 6.79. The van der Waals surface area contributed by atoms with Gasteiger partial charge in [-0.3, -0.25) is 0 Å². The van der Waals surface area contributed by atoms with Crippen molar-refractivity contribution >= 4 is 0 Å². The predicted molar refractivity (Wildman–Crippen MR) is 58.6 cm³/mol. The molecule has 1 nitrogen and oxygen atoms in total. The number of hydrogen-bond donors (Lipinski definition) is 1. The summed E-state index contributed by atoms with van der Waals surface area (Å²) in [7, 11) is 0. The first-order valence-corrected chi connectivity index (χ1v) is 5.51. The van der Waals surface area contributed by atoms with E-state index in [1.807, 2.05) is 0 Å². The SMILES string of the molecule is CC(C)[C@H]1CC(C)(C)C[C@](C)(N)C1. The molecule has 0 aliphatic heterocycles. The van der Waals surface area contributed by atoms with Gasteiger partial charge in [0.1, 0.15) is 0 Å². The molecule has 0 unspecified atom stereocenters. The van der Waals surface area contributed by atoms with Crippen LogP contribution in [0.5, 0.6) is 0 Å². The van der Waals surface area contributed by atoms with Gasteiger partial charge in [0, 0.05) is 5.54 Å². The van der Waals surface area contributed by atoms with E-state index in [2.05, 4.69) is 34.6 Å². The molecule has 1 aliphatic carbocycles. The van der Waals surface area contributed by atoms with Crippen LogP contribution in [0.4, 0.5) is 0 Å². The van der Waals surface area contributed by atoms with E-state index in [0.717, 1.165) is 11.8 Å². The first-order chi connectivity index (χ1) is 5.72. The van der Waals surface area contributed by atoms with E-state index in [9.17, 15) is 0 Å². The average Bonchev–Trinajstić information content (AvgIpc) is 1.79. The van der Waals surface area contributed by atoms with Crippen molar-refractivity contribution in [1.82, 2.24) is 0 Å². The highest BCUT2D eigenvalue weighted by molar-refractivity contribution is 4.95. The van der Waals surface area contributed by atoms with Crippen LogP contribution in [0.1, 0.15) is 53.9 Å². The highest BCUT2D eigenvalue weighted by Crippen LogP contribution is 2.45. The Morgan fingerprint density at radius 2 is 1.69 bits per heavy atom. The zero-order chi connectivity index (χ0) is 10.3. The topological polar surface area (TPSA) is 26.0 Å². The van der Waals surface area contributed by atoms with Gasteiger partial charge in [-0.1, -0.05) is 27.7 Å². The van der Waals surface area contributed by atoms with Crippen LogP contribution < -0.4 is 5.73 Å². The van der Waals surface area contributed by atoms with Gasteiger partial charge in [0.2, 0.25) is 0 Å². The maximum absolute atomic E-state index is 6.28. The summed E-state index contributed by atoms with van der Waals surface area (Å²) in [6.45, 7) is 11.6. The normalized spacial score (nSPS) is 39.5. The van der Waals surface area contributed by atoms with Crippen LogP contribution in [0, 0.1) is 17.3 Å². The third-order valence-electron chi connectivity index (χ3n) is 3.37. The minimum atomic E-state index is 0.0662. The van der Waals surface area contributed by atoms with Gasteiger partial charge >= 0.3 is 0 Å². The molecule has 0 aromatic rings. The highest BCUT2D eigenvalue weighted by atomic mass is 14.7. The summed E-state index contributed by atoms with van der Waals surface area (Å²) in [5.74, 6) is 1.60. The molecule has 0 saturated heterocycles. The molecule has 0 amide bonds. The monoisotopic (exact) mass is 183 g/mol. The first-order valence-electron chi connectivity index (χ1n) is 5.51. The molecule has 0 aromatic heterocycles. The molecule has 1 fully saturated rings. The molecular formula is C12H25N. The molecule has 78 valence electrons. The largest absolute Gasteiger partial charge is 0.325 e. The maximum Gasteiger partial charge on any atom is 0.0133 e. The number of nitrogens with two attached hydrogens (primary N) is 1. The fourth-order valence-corrected chi connectivity index (χ4v) is 3.09. The van der Waals surface area contributed by atoms with Crippen LogP contribution in [0.15, 0.2) is 0 Å². The quantitative estimate of drug-likeness (QED) is 0.664. The summed E-state index contributed by atoms with van der Waals surface area (Å²) in [6, 6.07) is 0. The van der Waals surface area contributed by atoms with E-state index in [-0.39, 0.29) is 5.54 Å². The van der Waals surface area contributed by atoms with Gasteiger partial charge < -0.3 is 5.73 Å². The summed E-state index contributed by atoms with van der Waals surface area (Å²) in [4.78, 5) is 0. The van der Waals surface area contributed by atoms with E-state index in [0.29, 0.717) is 5.41 Å². The molecule has 2 N–H and O–H groups in total. The third-order valence-corrected chi connectivity index (χ3v) is 3.37. The summed E-state index contributed by atoms with van der Waals surface area (Å²) < 4.78 is 0. The highest BCUT2D eigenvalue weighted by Gasteiger charge is 2.39. The Hall–Kier alpha value is -0.0400. The van der Waals surface area contributed by atoms with Crippen molar-refractivity contribution in [3.63, 3.8) is 0 Å². The molecule has 1 rings (SSSR count). The standard InChI is InChI=1S/C12H25N/c1-9(2)10-6-11(3,4)8-12(5,13)7-10/h9-10H,6-8,13H2,1-5H3/t10-,12+/m0/s1. The van der Waals surface area contributed by atoms with Crippen molar-refractivity contribution in [2.45, 2.75) is 59.4 Å². The van der Waals surface area contributed by atoms with Crippen LogP contribution in [0.25, 0.3) is 0 Å². The Balaban J connectivity index is 2.72. The lowest BCUT2D eigenvalue weighted by Gasteiger charge is -2.46. The van der Waals surface area contributed by atoms with Gasteiger partial charge in [0.05, 0.1) is 0 Å². The Bertz CT molecular complexity index is 164. The summed E-state index contributed by atoms with van der Waals surface area (Å²) in [6.07, 6.45) is 3.72. The van der Waals surface area contributed by atoms with E-state index in [1.54, 1.807) is 0 Å². The Morgan fingerprint density at radius 1 is 1.15 bits per heavy atom. The molecule has 0 radical (unpaired) electrons. The van der Waals surface area contributed by atoms with E-state index in [4.69, 9.17) is 5.73 Å². The molecule has 13 heavy (non-hydrogen) atoms. The second-order valence-corrected chi connectivity index (χ2v) is 6.41. The average molecular weight is 183 g/mol. The molecule has 1 saturated carbocycles. The van der Waals surface area contributed by atoms with Crippen molar-refractivity contribution in [3.8, 4) is 0 Å². The zero-order valence-electron chi connectivity index (χ0n) is 9.85. The Labute approximate surface area is 83.1 Å². The second-order valence-electron chi connectivity index (χ2n) is 6.41. The van der Waals surface area contributed by atoms with Crippen LogP contribution in [0.3, 0.4) is 0 Å². The molecule has 0 aromatic carbocycles. The molecule has 2 atom stereocenters. The van der Waals surface area contributed by atoms with Crippen molar-refractivity contribution in [1.29, 1.82) is 0 Å². The van der Waals surface area contributed by atoms with Gasteiger partial charge in [-0.2, -0.15) is 0 Å². The Morgan fingerprint density at radius 3 is 2.08 bits per heavy atom. The lowest BCUT2D eigenvalue weighted by molar-refractivity contribution is 0.0858. The van der Waals surface area contributed by atoms with Crippen molar-refractivity contribution < 1.29 is 0 Å². The summed E-state index contributed by atoms with van der Waals surface area (Å²) >= 11 is 0. The zero-order valence-corrected chi connectivity index (χ0v) is 9.85. The van der Waals surface area contributed by atoms with E-state index >= 15 is 0 Å². The Kier molecular flexibility index (Phi) is 2.78. The fourth-order valence-electron chi connectivity index (χ4n) is 3.09. The first kappa shape index (κ1) is 11.0. The fraction of sp³-hybridized carbons (Fsp3) is 1.00. The molecule has 1 heteroatoms. The van der Waals surface area contributed by atoms with Gasteiger partial charge in [-0.15, -0.1) is 0 Å². The van der Waals surface area contributed by atoms with Crippen LogP contribution in [0.2, 0.25) is 0 Å². The second kappa shape index (κ2) is 3.27. The van der Waals surface area contributed by atoms with Gasteiger partial charge in [-0.25, -0.2) is 0 Å². The molecule has 0 heterocycles. The van der Waals surface area contributed by atoms with Crippen LogP contribution >= 0.6 is 0 Å². The van der Waals surface area contributed by atoms with Gasteiger partial charge in [-0.05, 0) is 43.4 Å².